The van der Waals surface area contributed by atoms with Crippen LogP contribution in [0.25, 0.3) is 10.6 Å². The molecule has 2 N–H and O–H groups in total. The molecule has 0 atom stereocenters. The molecule has 2 aromatic heterocycles. The van der Waals surface area contributed by atoms with Crippen LogP contribution >= 0.6 is 11.3 Å². The van der Waals surface area contributed by atoms with Crippen molar-refractivity contribution in [1.29, 1.82) is 0 Å². The molecule has 0 fully saturated rings. The minimum atomic E-state index is 0.0907. The molecule has 4 nitrogen and oxygen atoms in total. The molecule has 2 heterocycles. The van der Waals surface area contributed by atoms with E-state index in [2.05, 4.69) is 28.5 Å². The molecule has 0 amide bonds. The fourth-order valence-corrected chi connectivity index (χ4v) is 2.26. The number of nitrogens with zero attached hydrogens (tertiary/aromatic N) is 2. The summed E-state index contributed by atoms with van der Waals surface area (Å²) >= 11 is 1.66. The Kier molecular flexibility index (Phi) is 3.48. The molecule has 84 valence electrons. The SMILES string of the molecule is Cc1ccsc1-c1ccc(NCCO)nn1. The van der Waals surface area contributed by atoms with Crippen LogP contribution in [0, 0.1) is 6.92 Å². The molecule has 0 aliphatic carbocycles. The Hall–Kier alpha value is -1.46. The lowest BCUT2D eigenvalue weighted by atomic mass is 10.2. The Morgan fingerprint density at radius 3 is 2.75 bits per heavy atom. The van der Waals surface area contributed by atoms with Gasteiger partial charge >= 0.3 is 0 Å². The average molecular weight is 235 g/mol. The van der Waals surface area contributed by atoms with E-state index in [0.717, 1.165) is 10.6 Å². The van der Waals surface area contributed by atoms with E-state index in [4.69, 9.17) is 5.11 Å². The summed E-state index contributed by atoms with van der Waals surface area (Å²) in [5.74, 6) is 0.687. The van der Waals surface area contributed by atoms with Crippen LogP contribution in [0.3, 0.4) is 0 Å². The van der Waals surface area contributed by atoms with Crippen LogP contribution in [0.4, 0.5) is 5.82 Å². The number of aliphatic hydroxyl groups is 1. The lowest BCUT2D eigenvalue weighted by Gasteiger charge is -2.03. The standard InChI is InChI=1S/C11H13N3OS/c1-8-4-7-16-11(8)9-2-3-10(14-13-9)12-5-6-15/h2-4,7,15H,5-6H2,1H3,(H,12,14). The first kappa shape index (κ1) is 11.0. The maximum atomic E-state index is 8.66. The smallest absolute Gasteiger partial charge is 0.148 e. The zero-order valence-corrected chi connectivity index (χ0v) is 9.79. The molecule has 5 heteroatoms. The summed E-state index contributed by atoms with van der Waals surface area (Å²) in [5, 5.41) is 21.9. The lowest BCUT2D eigenvalue weighted by molar-refractivity contribution is 0.311. The molecular weight excluding hydrogens is 222 g/mol. The first-order chi connectivity index (χ1) is 7.81. The molecule has 0 aliphatic heterocycles. The van der Waals surface area contributed by atoms with Gasteiger partial charge in [0.15, 0.2) is 0 Å². The van der Waals surface area contributed by atoms with Gasteiger partial charge in [-0.3, -0.25) is 0 Å². The molecule has 0 unspecified atom stereocenters. The number of thiophene rings is 1. The first-order valence-electron chi connectivity index (χ1n) is 5.04. The number of nitrogens with one attached hydrogen (secondary N) is 1. The van der Waals surface area contributed by atoms with Crippen LogP contribution in [0.5, 0.6) is 0 Å². The number of hydrogen-bond donors (Lipinski definition) is 2. The fourth-order valence-electron chi connectivity index (χ4n) is 1.37. The lowest BCUT2D eigenvalue weighted by Crippen LogP contribution is -2.07. The Bertz CT molecular complexity index is 453. The summed E-state index contributed by atoms with van der Waals surface area (Å²) < 4.78 is 0. The van der Waals surface area contributed by atoms with E-state index in [0.29, 0.717) is 12.4 Å². The van der Waals surface area contributed by atoms with Crippen molar-refractivity contribution in [2.24, 2.45) is 0 Å². The number of anilines is 1. The highest BCUT2D eigenvalue weighted by Gasteiger charge is 2.05. The predicted molar refractivity (Wildman–Crippen MR) is 65.7 cm³/mol. The van der Waals surface area contributed by atoms with Crippen molar-refractivity contribution >= 4 is 17.2 Å². The summed E-state index contributed by atoms with van der Waals surface area (Å²) in [5.41, 5.74) is 2.11. The molecule has 16 heavy (non-hydrogen) atoms. The summed E-state index contributed by atoms with van der Waals surface area (Å²) in [7, 11) is 0. The third kappa shape index (κ3) is 2.37. The van der Waals surface area contributed by atoms with Gasteiger partial charge in [-0.25, -0.2) is 0 Å². The molecule has 0 saturated carbocycles. The fraction of sp³-hybridized carbons (Fsp3) is 0.273. The monoisotopic (exact) mass is 235 g/mol. The third-order valence-corrected chi connectivity index (χ3v) is 3.22. The van der Waals surface area contributed by atoms with Gasteiger partial charge in [0.1, 0.15) is 11.5 Å². The van der Waals surface area contributed by atoms with Crippen molar-refractivity contribution in [2.45, 2.75) is 6.92 Å². The van der Waals surface area contributed by atoms with Gasteiger partial charge in [-0.15, -0.1) is 21.5 Å². The molecular formula is C11H13N3OS. The van der Waals surface area contributed by atoms with Gasteiger partial charge in [-0.1, -0.05) is 0 Å². The number of aryl methyl sites for hydroxylation is 1. The molecule has 2 aromatic rings. The van der Waals surface area contributed by atoms with E-state index >= 15 is 0 Å². The van der Waals surface area contributed by atoms with Gasteiger partial charge in [0.25, 0.3) is 0 Å². The number of rotatable bonds is 4. The van der Waals surface area contributed by atoms with Crippen LogP contribution in [0.2, 0.25) is 0 Å². The van der Waals surface area contributed by atoms with Crippen molar-refractivity contribution in [3.8, 4) is 10.6 Å². The van der Waals surface area contributed by atoms with Crippen molar-refractivity contribution in [3.63, 3.8) is 0 Å². The van der Waals surface area contributed by atoms with E-state index < -0.39 is 0 Å². The van der Waals surface area contributed by atoms with E-state index in [9.17, 15) is 0 Å². The molecule has 0 radical (unpaired) electrons. The minimum Gasteiger partial charge on any atom is -0.395 e. The van der Waals surface area contributed by atoms with Crippen molar-refractivity contribution in [2.75, 3.05) is 18.5 Å². The quantitative estimate of drug-likeness (QED) is 0.850. The summed E-state index contributed by atoms with van der Waals surface area (Å²) in [6, 6.07) is 5.88. The van der Waals surface area contributed by atoms with E-state index in [-0.39, 0.29) is 6.61 Å². The van der Waals surface area contributed by atoms with Gasteiger partial charge in [0, 0.05) is 6.54 Å². The average Bonchev–Trinajstić information content (AvgIpc) is 2.74. The van der Waals surface area contributed by atoms with Gasteiger partial charge in [0.05, 0.1) is 11.5 Å². The first-order valence-corrected chi connectivity index (χ1v) is 5.92. The van der Waals surface area contributed by atoms with Crippen LogP contribution in [0.1, 0.15) is 5.56 Å². The van der Waals surface area contributed by atoms with Crippen molar-refractivity contribution < 1.29 is 5.11 Å². The highest BCUT2D eigenvalue weighted by atomic mass is 32.1. The highest BCUT2D eigenvalue weighted by Crippen LogP contribution is 2.26. The second kappa shape index (κ2) is 5.05. The van der Waals surface area contributed by atoms with Crippen LogP contribution < -0.4 is 5.32 Å². The van der Waals surface area contributed by atoms with E-state index in [1.807, 2.05) is 17.5 Å². The van der Waals surface area contributed by atoms with E-state index in [1.54, 1.807) is 11.3 Å². The predicted octanol–water partition coefficient (Wildman–Crippen LogP) is 1.92. The second-order valence-corrected chi connectivity index (χ2v) is 4.30. The highest BCUT2D eigenvalue weighted by molar-refractivity contribution is 7.13. The minimum absolute atomic E-state index is 0.0907. The maximum Gasteiger partial charge on any atom is 0.148 e. The number of aromatic nitrogens is 2. The second-order valence-electron chi connectivity index (χ2n) is 3.39. The van der Waals surface area contributed by atoms with Crippen LogP contribution in [-0.2, 0) is 0 Å². The summed E-state index contributed by atoms with van der Waals surface area (Å²) in [6.45, 7) is 2.64. The summed E-state index contributed by atoms with van der Waals surface area (Å²) in [4.78, 5) is 1.15. The van der Waals surface area contributed by atoms with Gasteiger partial charge in [-0.05, 0) is 36.1 Å². The molecule has 2 rings (SSSR count). The normalized spacial score (nSPS) is 10.4. The maximum absolute atomic E-state index is 8.66. The largest absolute Gasteiger partial charge is 0.395 e. The number of aliphatic hydroxyl groups excluding tert-OH is 1. The zero-order valence-electron chi connectivity index (χ0n) is 8.97. The van der Waals surface area contributed by atoms with Crippen LogP contribution in [0.15, 0.2) is 23.6 Å². The van der Waals surface area contributed by atoms with Crippen molar-refractivity contribution in [1.82, 2.24) is 10.2 Å². The molecule has 0 bridgehead atoms. The topological polar surface area (TPSA) is 58.0 Å². The third-order valence-electron chi connectivity index (χ3n) is 2.18. The molecule has 0 spiro atoms. The van der Waals surface area contributed by atoms with Crippen LogP contribution in [-0.4, -0.2) is 28.5 Å². The van der Waals surface area contributed by atoms with Gasteiger partial charge < -0.3 is 10.4 Å². The Labute approximate surface area is 98.0 Å². The molecule has 0 saturated heterocycles. The zero-order chi connectivity index (χ0) is 11.4. The molecule has 0 aromatic carbocycles. The Morgan fingerprint density at radius 1 is 1.31 bits per heavy atom. The number of hydrogen-bond acceptors (Lipinski definition) is 5. The Morgan fingerprint density at radius 2 is 2.19 bits per heavy atom. The van der Waals surface area contributed by atoms with Gasteiger partial charge in [-0.2, -0.15) is 0 Å². The van der Waals surface area contributed by atoms with Gasteiger partial charge in [0.2, 0.25) is 0 Å². The Balaban J connectivity index is 2.16. The van der Waals surface area contributed by atoms with Crippen molar-refractivity contribution in [3.05, 3.63) is 29.1 Å². The summed E-state index contributed by atoms with van der Waals surface area (Å²) in [6.07, 6.45) is 0. The van der Waals surface area contributed by atoms with E-state index in [1.165, 1.54) is 5.56 Å². The molecule has 0 aliphatic rings.